The average Bonchev–Trinajstić information content (AvgIpc) is 2.89. The molecule has 0 spiro atoms. The van der Waals surface area contributed by atoms with Gasteiger partial charge in [-0.1, -0.05) is 58.9 Å². The number of rotatable bonds is 12. The highest BCUT2D eigenvalue weighted by molar-refractivity contribution is 5.84. The lowest BCUT2D eigenvalue weighted by molar-refractivity contribution is -0.373. The van der Waals surface area contributed by atoms with Crippen molar-refractivity contribution < 1.29 is 55.6 Å². The first-order chi connectivity index (χ1) is 20.7. The molecule has 6 nitrogen and oxygen atoms in total. The van der Waals surface area contributed by atoms with Crippen molar-refractivity contribution in [1.29, 1.82) is 0 Å². The van der Waals surface area contributed by atoms with Gasteiger partial charge in [0.2, 0.25) is 0 Å². The number of aromatic hydroxyl groups is 1. The Morgan fingerprint density at radius 1 is 0.826 bits per heavy atom. The molecule has 2 aromatic rings. The van der Waals surface area contributed by atoms with Crippen molar-refractivity contribution in [3.8, 4) is 5.75 Å². The Bertz CT molecular complexity index is 1360. The second kappa shape index (κ2) is 13.6. The maximum atomic E-state index is 13.4. The lowest BCUT2D eigenvalue weighted by atomic mass is 9.73. The molecule has 0 aliphatic heterocycles. The van der Waals surface area contributed by atoms with E-state index in [9.17, 15) is 46.1 Å². The topological polar surface area (TPSA) is 93.1 Å². The van der Waals surface area contributed by atoms with Crippen LogP contribution in [0.4, 0.5) is 26.3 Å². The summed E-state index contributed by atoms with van der Waals surface area (Å²) >= 11 is 0. The van der Waals surface area contributed by atoms with E-state index in [1.807, 2.05) is 26.8 Å². The van der Waals surface area contributed by atoms with Crippen LogP contribution in [0.15, 0.2) is 36.4 Å². The number of halogens is 6. The number of aliphatic hydroxyl groups is 1. The Labute approximate surface area is 266 Å². The second-order valence-electron chi connectivity index (χ2n) is 14.2. The average molecular weight is 665 g/mol. The van der Waals surface area contributed by atoms with Gasteiger partial charge in [0.05, 0.1) is 11.3 Å². The highest BCUT2D eigenvalue weighted by Crippen LogP contribution is 2.47. The quantitative estimate of drug-likeness (QED) is 0.174. The summed E-state index contributed by atoms with van der Waals surface area (Å²) in [5, 5.41) is 21.0. The Kier molecular flexibility index (Phi) is 11.6. The van der Waals surface area contributed by atoms with E-state index in [0.29, 0.717) is 0 Å². The molecule has 0 saturated heterocycles. The van der Waals surface area contributed by atoms with E-state index >= 15 is 0 Å². The molecule has 0 aromatic heterocycles. The van der Waals surface area contributed by atoms with Crippen molar-refractivity contribution in [2.45, 2.75) is 124 Å². The first kappa shape index (κ1) is 39.2. The third kappa shape index (κ3) is 8.86. The van der Waals surface area contributed by atoms with Gasteiger partial charge in [-0.2, -0.15) is 26.3 Å². The van der Waals surface area contributed by atoms with Crippen LogP contribution < -0.4 is 0 Å². The van der Waals surface area contributed by atoms with Crippen molar-refractivity contribution in [3.63, 3.8) is 0 Å². The highest BCUT2D eigenvalue weighted by atomic mass is 19.4. The Balaban J connectivity index is 2.44. The number of alkyl halides is 6. The number of ether oxygens (including phenoxy) is 2. The number of carbonyl (C=O) groups excluding carboxylic acids is 2. The standard InChI is InChI=1S/C34H46F6O6/c1-10-31(9,28(43)45-21(3)18-32(44,33(35,36)37)34(38,39)40)19-25(15-20(2)27(42)46-30(7,8)29(4,5)6)23-11-12-24-17-26(41)14-13-22(24)16-23/h11-14,16-17,20-21,25,41,44H,10,15,18-19H2,1-9H3. The first-order valence-electron chi connectivity index (χ1n) is 15.2. The number of fused-ring (bicyclic) bond motifs is 1. The Morgan fingerprint density at radius 3 is 1.85 bits per heavy atom. The molecule has 0 aliphatic carbocycles. The number of hydrogen-bond donors (Lipinski definition) is 2. The summed E-state index contributed by atoms with van der Waals surface area (Å²) in [6, 6.07) is 10.2. The van der Waals surface area contributed by atoms with Crippen molar-refractivity contribution in [1.82, 2.24) is 0 Å². The number of hydrogen-bond acceptors (Lipinski definition) is 6. The SMILES string of the molecule is CCC(C)(CC(CC(C)C(=O)OC(C)(C)C(C)(C)C)c1ccc2cc(O)ccc2c1)C(=O)OC(C)CC(O)(C(F)(F)F)C(F)(F)F. The summed E-state index contributed by atoms with van der Waals surface area (Å²) in [6.07, 6.45) is -15.6. The molecular formula is C34H46F6O6. The van der Waals surface area contributed by atoms with Gasteiger partial charge in [-0.05, 0) is 81.3 Å². The molecule has 0 bridgehead atoms. The zero-order valence-corrected chi connectivity index (χ0v) is 27.8. The minimum Gasteiger partial charge on any atom is -0.508 e. The number of phenols is 1. The van der Waals surface area contributed by atoms with E-state index in [1.54, 1.807) is 52.0 Å². The van der Waals surface area contributed by atoms with E-state index in [2.05, 4.69) is 0 Å². The molecule has 12 heteroatoms. The van der Waals surface area contributed by atoms with Crippen LogP contribution in [0.1, 0.15) is 99.5 Å². The van der Waals surface area contributed by atoms with Crippen LogP contribution in [0.2, 0.25) is 0 Å². The van der Waals surface area contributed by atoms with Crippen molar-refractivity contribution in [3.05, 3.63) is 42.0 Å². The predicted octanol–water partition coefficient (Wildman–Crippen LogP) is 9.01. The highest BCUT2D eigenvalue weighted by Gasteiger charge is 2.70. The summed E-state index contributed by atoms with van der Waals surface area (Å²) in [5.41, 5.74) is -6.94. The minimum absolute atomic E-state index is 0.0295. The van der Waals surface area contributed by atoms with E-state index in [1.165, 1.54) is 13.0 Å². The third-order valence-corrected chi connectivity index (χ3v) is 9.32. The van der Waals surface area contributed by atoms with E-state index in [4.69, 9.17) is 9.47 Å². The van der Waals surface area contributed by atoms with E-state index in [0.717, 1.165) is 23.3 Å². The third-order valence-electron chi connectivity index (χ3n) is 9.32. The first-order valence-corrected chi connectivity index (χ1v) is 15.2. The van der Waals surface area contributed by atoms with E-state index < -0.39 is 65.3 Å². The van der Waals surface area contributed by atoms with Gasteiger partial charge in [0.25, 0.3) is 5.60 Å². The maximum absolute atomic E-state index is 13.4. The molecule has 260 valence electrons. The van der Waals surface area contributed by atoms with E-state index in [-0.39, 0.29) is 30.4 Å². The molecule has 4 atom stereocenters. The van der Waals surface area contributed by atoms with Gasteiger partial charge in [0.1, 0.15) is 17.5 Å². The van der Waals surface area contributed by atoms with Crippen molar-refractivity contribution >= 4 is 22.7 Å². The molecule has 46 heavy (non-hydrogen) atoms. The van der Waals surface area contributed by atoms with Gasteiger partial charge in [-0.25, -0.2) is 0 Å². The normalized spacial score (nSPS) is 16.8. The van der Waals surface area contributed by atoms with Crippen molar-refractivity contribution in [2.24, 2.45) is 16.7 Å². The second-order valence-corrected chi connectivity index (χ2v) is 14.2. The molecule has 0 amide bonds. The summed E-state index contributed by atoms with van der Waals surface area (Å²) in [5.74, 6) is -2.61. The smallest absolute Gasteiger partial charge is 0.426 e. The number of carbonyl (C=O) groups is 2. The predicted molar refractivity (Wildman–Crippen MR) is 162 cm³/mol. The molecular weight excluding hydrogens is 618 g/mol. The molecule has 2 aromatic carbocycles. The summed E-state index contributed by atoms with van der Waals surface area (Å²) < 4.78 is 90.7. The summed E-state index contributed by atoms with van der Waals surface area (Å²) in [4.78, 5) is 26.7. The van der Waals surface area contributed by atoms with Gasteiger partial charge in [0.15, 0.2) is 0 Å². The Hall–Kier alpha value is -3.02. The summed E-state index contributed by atoms with van der Waals surface area (Å²) in [6.45, 7) is 15.1. The fraction of sp³-hybridized carbons (Fsp3) is 0.647. The van der Waals surface area contributed by atoms with Crippen LogP contribution in [-0.2, 0) is 19.1 Å². The molecule has 2 N–H and O–H groups in total. The van der Waals surface area contributed by atoms with Crippen LogP contribution in [0, 0.1) is 16.7 Å². The van der Waals surface area contributed by atoms with Crippen LogP contribution in [-0.4, -0.2) is 51.8 Å². The molecule has 2 rings (SSSR count). The molecule has 0 fully saturated rings. The monoisotopic (exact) mass is 664 g/mol. The fourth-order valence-electron chi connectivity index (χ4n) is 4.96. The molecule has 4 unspecified atom stereocenters. The fourth-order valence-corrected chi connectivity index (χ4v) is 4.96. The number of benzene rings is 2. The lowest BCUT2D eigenvalue weighted by Crippen LogP contribution is -2.58. The largest absolute Gasteiger partial charge is 0.508 e. The molecule has 0 saturated carbocycles. The summed E-state index contributed by atoms with van der Waals surface area (Å²) in [7, 11) is 0. The van der Waals surface area contributed by atoms with Gasteiger partial charge in [-0.3, -0.25) is 9.59 Å². The molecule has 0 radical (unpaired) electrons. The Morgan fingerprint density at radius 2 is 1.35 bits per heavy atom. The molecule has 0 heterocycles. The van der Waals surface area contributed by atoms with Crippen LogP contribution in [0.5, 0.6) is 5.75 Å². The van der Waals surface area contributed by atoms with Crippen molar-refractivity contribution in [2.75, 3.05) is 0 Å². The zero-order chi connectivity index (χ0) is 35.7. The minimum atomic E-state index is -6.05. The van der Waals surface area contributed by atoms with Gasteiger partial charge >= 0.3 is 24.3 Å². The molecule has 0 aliphatic rings. The number of esters is 2. The van der Waals surface area contributed by atoms with Crippen LogP contribution in [0.25, 0.3) is 10.8 Å². The maximum Gasteiger partial charge on any atom is 0.426 e. The van der Waals surface area contributed by atoms with Crippen LogP contribution >= 0.6 is 0 Å². The van der Waals surface area contributed by atoms with Gasteiger partial charge in [-0.15, -0.1) is 0 Å². The zero-order valence-electron chi connectivity index (χ0n) is 27.8. The number of phenolic OH excluding ortho intramolecular Hbond substituents is 1. The van der Waals surface area contributed by atoms with Gasteiger partial charge in [0, 0.05) is 11.8 Å². The lowest BCUT2D eigenvalue weighted by Gasteiger charge is -2.39. The van der Waals surface area contributed by atoms with Gasteiger partial charge < -0.3 is 19.7 Å². The van der Waals surface area contributed by atoms with Crippen LogP contribution in [0.3, 0.4) is 0 Å².